The molecule has 0 fully saturated rings. The van der Waals surface area contributed by atoms with E-state index in [-0.39, 0.29) is 0 Å². The summed E-state index contributed by atoms with van der Waals surface area (Å²) in [6.45, 7) is 6.02. The molecule has 0 aromatic rings. The van der Waals surface area contributed by atoms with Crippen molar-refractivity contribution in [2.75, 3.05) is 0 Å². The van der Waals surface area contributed by atoms with Crippen molar-refractivity contribution in [3.8, 4) is 11.8 Å². The summed E-state index contributed by atoms with van der Waals surface area (Å²) in [5.74, 6) is 6.42. The predicted octanol–water partition coefficient (Wildman–Crippen LogP) is 6.08. The maximum Gasteiger partial charge on any atom is 0.0269 e. The van der Waals surface area contributed by atoms with E-state index in [2.05, 4.69) is 37.8 Å². The van der Waals surface area contributed by atoms with E-state index in [4.69, 9.17) is 0 Å². The van der Waals surface area contributed by atoms with Crippen LogP contribution in [0.3, 0.4) is 0 Å². The van der Waals surface area contributed by atoms with Gasteiger partial charge in [0, 0.05) is 12.8 Å². The Kier molecular flexibility index (Phi) is 15.7. The summed E-state index contributed by atoms with van der Waals surface area (Å²) in [5.41, 5.74) is 0. The summed E-state index contributed by atoms with van der Waals surface area (Å²) in [6.07, 6.45) is 19.6. The van der Waals surface area contributed by atoms with Gasteiger partial charge in [-0.25, -0.2) is 0 Å². The Morgan fingerprint density at radius 1 is 0.778 bits per heavy atom. The van der Waals surface area contributed by atoms with Gasteiger partial charge in [0.2, 0.25) is 0 Å². The molecule has 0 rings (SSSR count). The van der Waals surface area contributed by atoms with Gasteiger partial charge in [0.15, 0.2) is 0 Å². The van der Waals surface area contributed by atoms with Gasteiger partial charge in [-0.3, -0.25) is 0 Å². The molecule has 0 unspecified atom stereocenters. The molecule has 18 heavy (non-hydrogen) atoms. The Hall–Kier alpha value is -0.700. The second-order valence-corrected chi connectivity index (χ2v) is 4.90. The molecule has 0 saturated heterocycles. The zero-order chi connectivity index (χ0) is 13.3. The van der Waals surface area contributed by atoms with Gasteiger partial charge in [-0.15, -0.1) is 5.92 Å². The van der Waals surface area contributed by atoms with E-state index in [1.54, 1.807) is 0 Å². The highest BCUT2D eigenvalue weighted by Crippen LogP contribution is 2.10. The molecule has 0 saturated carbocycles. The van der Waals surface area contributed by atoms with Crippen LogP contribution in [0.15, 0.2) is 12.2 Å². The van der Waals surface area contributed by atoms with Crippen molar-refractivity contribution in [3.63, 3.8) is 0 Å². The Balaban J connectivity index is 3.09. The monoisotopic (exact) mass is 247 g/mol. The van der Waals surface area contributed by atoms with Gasteiger partial charge < -0.3 is 0 Å². The molecule has 103 valence electrons. The molecule has 0 spiro atoms. The Morgan fingerprint density at radius 2 is 1.39 bits per heavy atom. The van der Waals surface area contributed by atoms with Gasteiger partial charge in [-0.1, -0.05) is 76.4 Å². The van der Waals surface area contributed by atoms with Crippen molar-refractivity contribution in [3.05, 3.63) is 19.1 Å². The minimum atomic E-state index is 0.875. The second-order valence-electron chi connectivity index (χ2n) is 4.90. The number of allylic oxidation sites excluding steroid dienone is 2. The lowest BCUT2D eigenvalue weighted by Gasteiger charge is -2.00. The van der Waals surface area contributed by atoms with Crippen LogP contribution in [0.1, 0.15) is 84.0 Å². The Labute approximate surface area is 115 Å². The molecule has 0 nitrogen and oxygen atoms in total. The number of unbranched alkanes of at least 4 members (excludes halogenated alkanes) is 9. The van der Waals surface area contributed by atoms with E-state index in [0.717, 1.165) is 19.3 Å². The predicted molar refractivity (Wildman–Crippen MR) is 83.4 cm³/mol. The fourth-order valence-electron chi connectivity index (χ4n) is 1.94. The third-order valence-electron chi connectivity index (χ3n) is 3.08. The summed E-state index contributed by atoms with van der Waals surface area (Å²) in [5, 5.41) is 0. The smallest absolute Gasteiger partial charge is 0.0269 e. The van der Waals surface area contributed by atoms with E-state index in [1.807, 2.05) is 0 Å². The van der Waals surface area contributed by atoms with Crippen molar-refractivity contribution < 1.29 is 0 Å². The molecule has 0 heterocycles. The minimum absolute atomic E-state index is 0.875. The molecule has 0 bridgehead atoms. The van der Waals surface area contributed by atoms with Crippen LogP contribution in [0.2, 0.25) is 0 Å². The standard InChI is InChI=1S/C18H31/c1-3-5-7-9-11-13-15-17-18-16-14-12-10-8-6-4-2/h5,7H,1,3-4,6,8-10,12,14-18H2,2H3. The van der Waals surface area contributed by atoms with Gasteiger partial charge in [0.25, 0.3) is 0 Å². The largest absolute Gasteiger partial charge is 0.103 e. The topological polar surface area (TPSA) is 0 Å². The molecular weight excluding hydrogens is 216 g/mol. The summed E-state index contributed by atoms with van der Waals surface area (Å²) in [4.78, 5) is 0. The van der Waals surface area contributed by atoms with Crippen LogP contribution < -0.4 is 0 Å². The van der Waals surface area contributed by atoms with Crippen molar-refractivity contribution in [1.29, 1.82) is 0 Å². The van der Waals surface area contributed by atoms with Crippen LogP contribution >= 0.6 is 0 Å². The van der Waals surface area contributed by atoms with Crippen LogP contribution in [0.5, 0.6) is 0 Å². The number of rotatable bonds is 11. The SMILES string of the molecule is [CH2]CC=CCC#CCCCCCCCCCCC. The number of hydrogen-bond acceptors (Lipinski definition) is 0. The molecule has 1 radical (unpaired) electrons. The van der Waals surface area contributed by atoms with E-state index in [9.17, 15) is 0 Å². The van der Waals surface area contributed by atoms with Crippen LogP contribution in [0.25, 0.3) is 0 Å². The lowest BCUT2D eigenvalue weighted by molar-refractivity contribution is 0.567. The molecule has 0 N–H and O–H groups in total. The average Bonchev–Trinajstić information content (AvgIpc) is 2.39. The molecule has 0 atom stereocenters. The van der Waals surface area contributed by atoms with E-state index >= 15 is 0 Å². The molecule has 0 aromatic carbocycles. The highest BCUT2D eigenvalue weighted by molar-refractivity contribution is 5.04. The van der Waals surface area contributed by atoms with Gasteiger partial charge >= 0.3 is 0 Å². The first-order chi connectivity index (χ1) is 8.91. The normalized spacial score (nSPS) is 10.6. The first kappa shape index (κ1) is 17.3. The maximum absolute atomic E-state index is 3.75. The fourth-order valence-corrected chi connectivity index (χ4v) is 1.94. The lowest BCUT2D eigenvalue weighted by atomic mass is 10.1. The van der Waals surface area contributed by atoms with Crippen molar-refractivity contribution in [2.24, 2.45) is 0 Å². The Morgan fingerprint density at radius 3 is 2.00 bits per heavy atom. The first-order valence-corrected chi connectivity index (χ1v) is 7.81. The van der Waals surface area contributed by atoms with Crippen molar-refractivity contribution >= 4 is 0 Å². The van der Waals surface area contributed by atoms with Gasteiger partial charge in [-0.2, -0.15) is 0 Å². The third kappa shape index (κ3) is 15.3. The molecular formula is C18H31. The molecule has 0 aromatic heterocycles. The van der Waals surface area contributed by atoms with Crippen LogP contribution in [-0.4, -0.2) is 0 Å². The second kappa shape index (κ2) is 16.3. The molecule has 0 aliphatic rings. The lowest BCUT2D eigenvalue weighted by Crippen LogP contribution is -1.80. The zero-order valence-electron chi connectivity index (χ0n) is 12.3. The zero-order valence-corrected chi connectivity index (χ0v) is 12.3. The summed E-state index contributed by atoms with van der Waals surface area (Å²) >= 11 is 0. The van der Waals surface area contributed by atoms with Gasteiger partial charge in [-0.05, 0) is 19.8 Å². The van der Waals surface area contributed by atoms with E-state index in [0.29, 0.717) is 0 Å². The summed E-state index contributed by atoms with van der Waals surface area (Å²) in [6, 6.07) is 0. The van der Waals surface area contributed by atoms with Crippen LogP contribution in [0, 0.1) is 18.8 Å². The fraction of sp³-hybridized carbons (Fsp3) is 0.722. The van der Waals surface area contributed by atoms with Gasteiger partial charge in [0.1, 0.15) is 0 Å². The quantitative estimate of drug-likeness (QED) is 0.236. The molecule has 0 aliphatic carbocycles. The van der Waals surface area contributed by atoms with Crippen molar-refractivity contribution in [1.82, 2.24) is 0 Å². The van der Waals surface area contributed by atoms with Gasteiger partial charge in [0.05, 0.1) is 0 Å². The minimum Gasteiger partial charge on any atom is -0.103 e. The molecule has 0 aliphatic heterocycles. The average molecular weight is 247 g/mol. The highest BCUT2D eigenvalue weighted by atomic mass is 14.0. The van der Waals surface area contributed by atoms with E-state index in [1.165, 1.54) is 57.8 Å². The Bertz CT molecular complexity index is 226. The van der Waals surface area contributed by atoms with Crippen LogP contribution in [-0.2, 0) is 0 Å². The van der Waals surface area contributed by atoms with Crippen LogP contribution in [0.4, 0.5) is 0 Å². The first-order valence-electron chi connectivity index (χ1n) is 7.81. The van der Waals surface area contributed by atoms with E-state index < -0.39 is 0 Å². The summed E-state index contributed by atoms with van der Waals surface area (Å²) < 4.78 is 0. The highest BCUT2D eigenvalue weighted by Gasteiger charge is 1.90. The third-order valence-corrected chi connectivity index (χ3v) is 3.08. The van der Waals surface area contributed by atoms with Crippen molar-refractivity contribution in [2.45, 2.75) is 84.0 Å². The summed E-state index contributed by atoms with van der Waals surface area (Å²) in [7, 11) is 0. The maximum atomic E-state index is 3.75. The molecule has 0 amide bonds. The molecule has 0 heteroatoms. The number of hydrogen-bond donors (Lipinski definition) is 0.